The summed E-state index contributed by atoms with van der Waals surface area (Å²) in [5.41, 5.74) is 0.215. The predicted octanol–water partition coefficient (Wildman–Crippen LogP) is 0.921. The molecule has 0 aliphatic carbocycles. The van der Waals surface area contributed by atoms with Crippen LogP contribution in [0, 0.1) is 5.92 Å². The number of β-amino-alcohol motifs (C(OH)–C–C–N with tert-alkyl or cyclic N) is 1. The molecule has 0 amide bonds. The quantitative estimate of drug-likeness (QED) is 0.640. The Bertz CT molecular complexity index is 544. The molecule has 126 valence electrons. The van der Waals surface area contributed by atoms with Gasteiger partial charge in [-0.2, -0.15) is 0 Å². The second-order valence-electron chi connectivity index (χ2n) is 5.63. The molecule has 1 fully saturated rings. The van der Waals surface area contributed by atoms with Crippen LogP contribution in [0.5, 0.6) is 5.75 Å². The van der Waals surface area contributed by atoms with Gasteiger partial charge in [0, 0.05) is 13.1 Å². The van der Waals surface area contributed by atoms with Crippen LogP contribution in [-0.2, 0) is 4.79 Å². The second-order valence-corrected chi connectivity index (χ2v) is 5.63. The highest BCUT2D eigenvalue weighted by molar-refractivity contribution is 5.87. The Labute approximate surface area is 134 Å². The highest BCUT2D eigenvalue weighted by Gasteiger charge is 2.32. The third kappa shape index (κ3) is 4.94. The minimum Gasteiger partial charge on any atom is -0.494 e. The first-order chi connectivity index (χ1) is 11.0. The molecular weight excluding hydrogens is 302 g/mol. The van der Waals surface area contributed by atoms with Crippen molar-refractivity contribution in [3.8, 4) is 5.75 Å². The summed E-state index contributed by atoms with van der Waals surface area (Å²) in [7, 11) is 0. The average molecular weight is 323 g/mol. The number of likely N-dealkylation sites (tertiary alicyclic amines) is 1. The third-order valence-electron chi connectivity index (χ3n) is 3.97. The zero-order valence-electron chi connectivity index (χ0n) is 12.7. The number of hydrogen-bond donors (Lipinski definition) is 3. The first-order valence-corrected chi connectivity index (χ1v) is 7.57. The molecule has 3 N–H and O–H groups in total. The summed E-state index contributed by atoms with van der Waals surface area (Å²) in [6, 6.07) is 6.21. The highest BCUT2D eigenvalue weighted by Crippen LogP contribution is 2.18. The molecule has 1 aliphatic rings. The lowest BCUT2D eigenvalue weighted by Crippen LogP contribution is -2.46. The summed E-state index contributed by atoms with van der Waals surface area (Å²) in [5, 5.41) is 27.6. The largest absolute Gasteiger partial charge is 0.494 e. The van der Waals surface area contributed by atoms with Gasteiger partial charge >= 0.3 is 11.9 Å². The second kappa shape index (κ2) is 7.94. The molecule has 7 heteroatoms. The number of ether oxygens (including phenoxy) is 1. The van der Waals surface area contributed by atoms with Crippen LogP contribution in [0.4, 0.5) is 0 Å². The van der Waals surface area contributed by atoms with Gasteiger partial charge in [-0.05, 0) is 43.7 Å². The van der Waals surface area contributed by atoms with Crippen molar-refractivity contribution in [3.05, 3.63) is 29.8 Å². The maximum absolute atomic E-state index is 10.9. The van der Waals surface area contributed by atoms with E-state index in [2.05, 4.69) is 0 Å². The van der Waals surface area contributed by atoms with Gasteiger partial charge in [-0.25, -0.2) is 4.79 Å². The lowest BCUT2D eigenvalue weighted by molar-refractivity contribution is -0.148. The molecular formula is C16H21NO6. The standard InChI is InChI=1S/C16H21NO6/c18-14-10-17(8-6-13(14)16(21)22)7-1-9-23-12-4-2-11(3-5-12)15(19)20/h2-5,13-14,18H,1,6-10H2,(H,19,20)(H,21,22). The molecule has 0 aromatic heterocycles. The van der Waals surface area contributed by atoms with E-state index in [0.29, 0.717) is 31.9 Å². The van der Waals surface area contributed by atoms with Gasteiger partial charge in [-0.15, -0.1) is 0 Å². The topological polar surface area (TPSA) is 107 Å². The average Bonchev–Trinajstić information content (AvgIpc) is 2.51. The molecule has 1 saturated heterocycles. The van der Waals surface area contributed by atoms with Gasteiger partial charge in [0.1, 0.15) is 5.75 Å². The third-order valence-corrected chi connectivity index (χ3v) is 3.97. The normalized spacial score (nSPS) is 21.8. The van der Waals surface area contributed by atoms with Crippen LogP contribution in [-0.4, -0.2) is 64.5 Å². The van der Waals surface area contributed by atoms with Gasteiger partial charge in [-0.3, -0.25) is 4.79 Å². The van der Waals surface area contributed by atoms with E-state index in [-0.39, 0.29) is 5.56 Å². The van der Waals surface area contributed by atoms with E-state index in [1.165, 1.54) is 12.1 Å². The molecule has 2 rings (SSSR count). The van der Waals surface area contributed by atoms with E-state index < -0.39 is 24.0 Å². The first-order valence-electron chi connectivity index (χ1n) is 7.57. The number of aliphatic carboxylic acids is 1. The first kappa shape index (κ1) is 17.2. The number of piperidine rings is 1. The fraction of sp³-hybridized carbons (Fsp3) is 0.500. The van der Waals surface area contributed by atoms with Gasteiger partial charge in [-0.1, -0.05) is 0 Å². The molecule has 1 heterocycles. The Morgan fingerprint density at radius 3 is 2.48 bits per heavy atom. The molecule has 7 nitrogen and oxygen atoms in total. The van der Waals surface area contributed by atoms with Gasteiger partial charge in [0.25, 0.3) is 0 Å². The summed E-state index contributed by atoms with van der Waals surface area (Å²) in [6.45, 7) is 2.21. The molecule has 1 aromatic rings. The molecule has 0 spiro atoms. The van der Waals surface area contributed by atoms with Gasteiger partial charge in [0.05, 0.1) is 24.2 Å². The molecule has 23 heavy (non-hydrogen) atoms. The van der Waals surface area contributed by atoms with Crippen molar-refractivity contribution in [2.45, 2.75) is 18.9 Å². The predicted molar refractivity (Wildman–Crippen MR) is 81.7 cm³/mol. The van der Waals surface area contributed by atoms with Crippen LogP contribution in [0.25, 0.3) is 0 Å². The number of aliphatic hydroxyl groups is 1. The van der Waals surface area contributed by atoms with Crippen molar-refractivity contribution in [2.24, 2.45) is 5.92 Å². The van der Waals surface area contributed by atoms with E-state index in [4.69, 9.17) is 14.9 Å². The number of carbonyl (C=O) groups is 2. The van der Waals surface area contributed by atoms with Crippen molar-refractivity contribution in [1.82, 2.24) is 4.90 Å². The number of aliphatic hydroxyl groups excluding tert-OH is 1. The maximum atomic E-state index is 10.9. The van der Waals surface area contributed by atoms with E-state index >= 15 is 0 Å². The number of carboxylic acids is 2. The van der Waals surface area contributed by atoms with Crippen molar-refractivity contribution in [2.75, 3.05) is 26.2 Å². The van der Waals surface area contributed by atoms with Crippen molar-refractivity contribution in [3.63, 3.8) is 0 Å². The van der Waals surface area contributed by atoms with Gasteiger partial charge < -0.3 is 25.0 Å². The number of nitrogens with zero attached hydrogens (tertiary/aromatic N) is 1. The van der Waals surface area contributed by atoms with E-state index in [0.717, 1.165) is 13.0 Å². The number of hydrogen-bond acceptors (Lipinski definition) is 5. The molecule has 1 aliphatic heterocycles. The Morgan fingerprint density at radius 2 is 1.91 bits per heavy atom. The van der Waals surface area contributed by atoms with Crippen molar-refractivity contribution >= 4 is 11.9 Å². The highest BCUT2D eigenvalue weighted by atomic mass is 16.5. The Balaban J connectivity index is 1.68. The number of rotatable bonds is 7. The van der Waals surface area contributed by atoms with Crippen LogP contribution in [0.1, 0.15) is 23.2 Å². The number of carboxylic acid groups (broad SMARTS) is 2. The summed E-state index contributed by atoms with van der Waals surface area (Å²) in [4.78, 5) is 23.7. The van der Waals surface area contributed by atoms with Crippen molar-refractivity contribution in [1.29, 1.82) is 0 Å². The fourth-order valence-corrected chi connectivity index (χ4v) is 2.66. The molecule has 0 bridgehead atoms. The van der Waals surface area contributed by atoms with Crippen LogP contribution in [0.15, 0.2) is 24.3 Å². The molecule has 2 atom stereocenters. The van der Waals surface area contributed by atoms with Crippen LogP contribution in [0.3, 0.4) is 0 Å². The summed E-state index contributed by atoms with van der Waals surface area (Å²) < 4.78 is 5.54. The summed E-state index contributed by atoms with van der Waals surface area (Å²) >= 11 is 0. The monoisotopic (exact) mass is 323 g/mol. The smallest absolute Gasteiger partial charge is 0.335 e. The zero-order valence-corrected chi connectivity index (χ0v) is 12.7. The van der Waals surface area contributed by atoms with E-state index in [1.54, 1.807) is 12.1 Å². The minimum atomic E-state index is -0.972. The lowest BCUT2D eigenvalue weighted by Gasteiger charge is -2.33. The fourth-order valence-electron chi connectivity index (χ4n) is 2.66. The number of benzene rings is 1. The minimum absolute atomic E-state index is 0.215. The van der Waals surface area contributed by atoms with Crippen LogP contribution in [0.2, 0.25) is 0 Å². The summed E-state index contributed by atoms with van der Waals surface area (Å²) in [6.07, 6.45) is 0.366. The van der Waals surface area contributed by atoms with Gasteiger partial charge in [0.15, 0.2) is 0 Å². The molecule has 1 aromatic carbocycles. The zero-order chi connectivity index (χ0) is 16.8. The molecule has 2 unspecified atom stereocenters. The summed E-state index contributed by atoms with van der Waals surface area (Å²) in [5.74, 6) is -1.97. The molecule has 0 saturated carbocycles. The Kier molecular flexibility index (Phi) is 5.95. The van der Waals surface area contributed by atoms with E-state index in [1.807, 2.05) is 4.90 Å². The van der Waals surface area contributed by atoms with Crippen LogP contribution >= 0.6 is 0 Å². The van der Waals surface area contributed by atoms with Gasteiger partial charge in [0.2, 0.25) is 0 Å². The SMILES string of the molecule is O=C(O)c1ccc(OCCCN2CCC(C(=O)O)C(O)C2)cc1. The Morgan fingerprint density at radius 1 is 1.22 bits per heavy atom. The molecule has 0 radical (unpaired) electrons. The van der Waals surface area contributed by atoms with Crippen LogP contribution < -0.4 is 4.74 Å². The van der Waals surface area contributed by atoms with E-state index in [9.17, 15) is 14.7 Å². The van der Waals surface area contributed by atoms with Crippen molar-refractivity contribution < 1.29 is 29.6 Å². The number of aromatic carboxylic acids is 1. The Hall–Kier alpha value is -2.12. The maximum Gasteiger partial charge on any atom is 0.335 e. The lowest BCUT2D eigenvalue weighted by atomic mass is 9.94.